The van der Waals surface area contributed by atoms with Gasteiger partial charge in [-0.2, -0.15) is 5.10 Å². The minimum atomic E-state index is 0.627. The number of nitrogens with zero attached hydrogens (tertiary/aromatic N) is 3. The van der Waals surface area contributed by atoms with Crippen molar-refractivity contribution in [2.75, 3.05) is 20.1 Å². The Morgan fingerprint density at radius 2 is 2.35 bits per heavy atom. The standard InChI is InChI=1S/C13H24N4/c1-11-8-15-17(10-11)7-6-14-9-12(2)16(3)13-4-5-13/h8,10,12-14H,4-7,9H2,1-3H3. The highest BCUT2D eigenvalue weighted by atomic mass is 15.3. The van der Waals surface area contributed by atoms with Gasteiger partial charge in [0.15, 0.2) is 0 Å². The fourth-order valence-electron chi connectivity index (χ4n) is 2.08. The Bertz CT molecular complexity index is 343. The first-order valence-corrected chi connectivity index (χ1v) is 6.58. The lowest BCUT2D eigenvalue weighted by molar-refractivity contribution is 0.240. The van der Waals surface area contributed by atoms with Gasteiger partial charge in [0.25, 0.3) is 0 Å². The number of aromatic nitrogens is 2. The molecule has 0 bridgehead atoms. The second-order valence-corrected chi connectivity index (χ2v) is 5.23. The molecule has 4 nitrogen and oxygen atoms in total. The average molecular weight is 236 g/mol. The molecule has 0 saturated heterocycles. The monoisotopic (exact) mass is 236 g/mol. The normalized spacial score (nSPS) is 17.6. The van der Waals surface area contributed by atoms with Crippen molar-refractivity contribution >= 4 is 0 Å². The molecule has 0 radical (unpaired) electrons. The second kappa shape index (κ2) is 5.65. The Kier molecular flexibility index (Phi) is 4.18. The summed E-state index contributed by atoms with van der Waals surface area (Å²) in [5, 5.41) is 7.78. The summed E-state index contributed by atoms with van der Waals surface area (Å²) < 4.78 is 2.00. The Morgan fingerprint density at radius 3 is 2.94 bits per heavy atom. The summed E-state index contributed by atoms with van der Waals surface area (Å²) in [5.74, 6) is 0. The van der Waals surface area contributed by atoms with Crippen molar-refractivity contribution in [1.82, 2.24) is 20.0 Å². The number of aryl methyl sites for hydroxylation is 1. The second-order valence-electron chi connectivity index (χ2n) is 5.23. The molecule has 1 aliphatic carbocycles. The largest absolute Gasteiger partial charge is 0.313 e. The van der Waals surface area contributed by atoms with Crippen molar-refractivity contribution < 1.29 is 0 Å². The fraction of sp³-hybridized carbons (Fsp3) is 0.769. The molecular weight excluding hydrogens is 212 g/mol. The van der Waals surface area contributed by atoms with Crippen LogP contribution in [0.5, 0.6) is 0 Å². The SMILES string of the molecule is Cc1cnn(CCNCC(C)N(C)C2CC2)c1. The van der Waals surface area contributed by atoms with Crippen LogP contribution in [-0.4, -0.2) is 46.9 Å². The zero-order valence-corrected chi connectivity index (χ0v) is 11.2. The number of nitrogens with one attached hydrogen (secondary N) is 1. The third-order valence-electron chi connectivity index (χ3n) is 3.54. The third kappa shape index (κ3) is 3.82. The van der Waals surface area contributed by atoms with E-state index in [0.29, 0.717) is 6.04 Å². The smallest absolute Gasteiger partial charge is 0.0534 e. The highest BCUT2D eigenvalue weighted by molar-refractivity contribution is 4.99. The van der Waals surface area contributed by atoms with E-state index in [0.717, 1.165) is 25.7 Å². The summed E-state index contributed by atoms with van der Waals surface area (Å²) >= 11 is 0. The van der Waals surface area contributed by atoms with E-state index in [1.54, 1.807) is 0 Å². The molecule has 4 heteroatoms. The molecule has 1 unspecified atom stereocenters. The molecule has 96 valence electrons. The topological polar surface area (TPSA) is 33.1 Å². The molecule has 17 heavy (non-hydrogen) atoms. The summed E-state index contributed by atoms with van der Waals surface area (Å²) in [6.07, 6.45) is 6.76. The number of rotatable bonds is 7. The minimum Gasteiger partial charge on any atom is -0.313 e. The molecule has 1 N–H and O–H groups in total. The van der Waals surface area contributed by atoms with Crippen molar-refractivity contribution in [2.45, 2.75) is 45.3 Å². The van der Waals surface area contributed by atoms with E-state index >= 15 is 0 Å². The van der Waals surface area contributed by atoms with Crippen LogP contribution in [-0.2, 0) is 6.54 Å². The van der Waals surface area contributed by atoms with Crippen molar-refractivity contribution in [3.8, 4) is 0 Å². The summed E-state index contributed by atoms with van der Waals surface area (Å²) in [5.41, 5.74) is 1.23. The van der Waals surface area contributed by atoms with Gasteiger partial charge in [-0.15, -0.1) is 0 Å². The molecule has 2 rings (SSSR count). The summed E-state index contributed by atoms with van der Waals surface area (Å²) in [6.45, 7) is 7.37. The molecule has 1 heterocycles. The average Bonchev–Trinajstić information content (AvgIpc) is 3.07. The molecule has 1 aromatic rings. The van der Waals surface area contributed by atoms with Gasteiger partial charge in [0.2, 0.25) is 0 Å². The predicted molar refractivity (Wildman–Crippen MR) is 70.1 cm³/mol. The zero-order chi connectivity index (χ0) is 12.3. The highest BCUT2D eigenvalue weighted by Gasteiger charge is 2.28. The zero-order valence-electron chi connectivity index (χ0n) is 11.2. The molecule has 1 fully saturated rings. The quantitative estimate of drug-likeness (QED) is 0.724. The lowest BCUT2D eigenvalue weighted by Crippen LogP contribution is -2.39. The number of hydrogen-bond donors (Lipinski definition) is 1. The van der Waals surface area contributed by atoms with Crippen LogP contribution >= 0.6 is 0 Å². The summed E-state index contributed by atoms with van der Waals surface area (Å²) in [6, 6.07) is 1.47. The van der Waals surface area contributed by atoms with Crippen molar-refractivity contribution in [1.29, 1.82) is 0 Å². The molecule has 0 aliphatic heterocycles. The predicted octanol–water partition coefficient (Wildman–Crippen LogP) is 1.26. The first-order valence-electron chi connectivity index (χ1n) is 6.58. The summed E-state index contributed by atoms with van der Waals surface area (Å²) in [7, 11) is 2.24. The van der Waals surface area contributed by atoms with Crippen molar-refractivity contribution in [3.05, 3.63) is 18.0 Å². The molecule has 1 saturated carbocycles. The lowest BCUT2D eigenvalue weighted by Gasteiger charge is -2.24. The maximum absolute atomic E-state index is 4.27. The molecule has 0 spiro atoms. The minimum absolute atomic E-state index is 0.627. The van der Waals surface area contributed by atoms with Gasteiger partial charge in [0.1, 0.15) is 0 Å². The van der Waals surface area contributed by atoms with Gasteiger partial charge in [0.05, 0.1) is 12.7 Å². The van der Waals surface area contributed by atoms with Crippen LogP contribution in [0.4, 0.5) is 0 Å². The molecule has 0 amide bonds. The Balaban J connectivity index is 1.59. The lowest BCUT2D eigenvalue weighted by atomic mass is 10.3. The van der Waals surface area contributed by atoms with Crippen LogP contribution in [0, 0.1) is 6.92 Å². The molecule has 1 atom stereocenters. The first-order chi connectivity index (χ1) is 8.16. The summed E-state index contributed by atoms with van der Waals surface area (Å²) in [4.78, 5) is 2.49. The molecule has 1 aliphatic rings. The maximum Gasteiger partial charge on any atom is 0.0534 e. The van der Waals surface area contributed by atoms with E-state index in [1.807, 2.05) is 10.9 Å². The van der Waals surface area contributed by atoms with Crippen LogP contribution in [0.2, 0.25) is 0 Å². The van der Waals surface area contributed by atoms with Crippen LogP contribution in [0.3, 0.4) is 0 Å². The van der Waals surface area contributed by atoms with E-state index in [1.165, 1.54) is 18.4 Å². The van der Waals surface area contributed by atoms with E-state index < -0.39 is 0 Å². The van der Waals surface area contributed by atoms with Gasteiger partial charge in [-0.05, 0) is 39.3 Å². The molecule has 1 aromatic heterocycles. The number of hydrogen-bond acceptors (Lipinski definition) is 3. The van der Waals surface area contributed by atoms with E-state index in [9.17, 15) is 0 Å². The van der Waals surface area contributed by atoms with Gasteiger partial charge < -0.3 is 5.32 Å². The Hall–Kier alpha value is -0.870. The molecular formula is C13H24N4. The van der Waals surface area contributed by atoms with Crippen LogP contribution in [0.1, 0.15) is 25.3 Å². The van der Waals surface area contributed by atoms with Crippen molar-refractivity contribution in [3.63, 3.8) is 0 Å². The van der Waals surface area contributed by atoms with Crippen LogP contribution in [0.15, 0.2) is 12.4 Å². The fourth-order valence-corrected chi connectivity index (χ4v) is 2.08. The first kappa shape index (κ1) is 12.6. The van der Waals surface area contributed by atoms with Gasteiger partial charge in [-0.3, -0.25) is 9.58 Å². The molecule has 0 aromatic carbocycles. The third-order valence-corrected chi connectivity index (χ3v) is 3.54. The van der Waals surface area contributed by atoms with E-state index in [-0.39, 0.29) is 0 Å². The van der Waals surface area contributed by atoms with Gasteiger partial charge in [0, 0.05) is 31.4 Å². The number of likely N-dealkylation sites (N-methyl/N-ethyl adjacent to an activating group) is 1. The Morgan fingerprint density at radius 1 is 1.59 bits per heavy atom. The maximum atomic E-state index is 4.27. The van der Waals surface area contributed by atoms with Crippen LogP contribution < -0.4 is 5.32 Å². The Labute approximate surface area is 104 Å². The highest BCUT2D eigenvalue weighted by Crippen LogP contribution is 2.26. The van der Waals surface area contributed by atoms with Crippen molar-refractivity contribution in [2.24, 2.45) is 0 Å². The van der Waals surface area contributed by atoms with Gasteiger partial charge >= 0.3 is 0 Å². The van der Waals surface area contributed by atoms with E-state index in [4.69, 9.17) is 0 Å². The van der Waals surface area contributed by atoms with Gasteiger partial charge in [-0.1, -0.05) is 0 Å². The van der Waals surface area contributed by atoms with Crippen LogP contribution in [0.25, 0.3) is 0 Å². The van der Waals surface area contributed by atoms with E-state index in [2.05, 4.69) is 42.4 Å². The van der Waals surface area contributed by atoms with Gasteiger partial charge in [-0.25, -0.2) is 0 Å².